The molecule has 1 saturated carbocycles. The molecular weight excluding hydrogens is 308 g/mol. The van der Waals surface area contributed by atoms with Gasteiger partial charge in [-0.05, 0) is 41.8 Å². The third-order valence-corrected chi connectivity index (χ3v) is 4.35. The smallest absolute Gasteiger partial charge is 0.274 e. The summed E-state index contributed by atoms with van der Waals surface area (Å²) in [6, 6.07) is 3.89. The van der Waals surface area contributed by atoms with Gasteiger partial charge in [0.05, 0.1) is 10.6 Å². The fraction of sp³-hybridized carbons (Fsp3) is 0.571. The van der Waals surface area contributed by atoms with E-state index in [-0.39, 0.29) is 10.6 Å². The SMILES string of the molecule is Cc1cc(Br)c(NC2CCCCCC2)cc1[N+](=O)[O-]. The van der Waals surface area contributed by atoms with E-state index in [0.717, 1.165) is 23.0 Å². The van der Waals surface area contributed by atoms with Crippen molar-refractivity contribution in [2.45, 2.75) is 51.5 Å². The number of nitrogens with one attached hydrogen (secondary N) is 1. The Hall–Kier alpha value is -1.10. The van der Waals surface area contributed by atoms with E-state index >= 15 is 0 Å². The largest absolute Gasteiger partial charge is 0.381 e. The van der Waals surface area contributed by atoms with Gasteiger partial charge in [-0.15, -0.1) is 0 Å². The van der Waals surface area contributed by atoms with Crippen LogP contribution in [0.2, 0.25) is 0 Å². The van der Waals surface area contributed by atoms with Crippen LogP contribution in [-0.4, -0.2) is 11.0 Å². The molecule has 0 aliphatic heterocycles. The van der Waals surface area contributed by atoms with Gasteiger partial charge in [0, 0.05) is 22.1 Å². The fourth-order valence-corrected chi connectivity index (χ4v) is 3.18. The third kappa shape index (κ3) is 3.69. The van der Waals surface area contributed by atoms with Gasteiger partial charge in [0.2, 0.25) is 0 Å². The zero-order valence-corrected chi connectivity index (χ0v) is 12.7. The van der Waals surface area contributed by atoms with Crippen LogP contribution < -0.4 is 5.32 Å². The highest BCUT2D eigenvalue weighted by Crippen LogP contribution is 2.32. The molecule has 1 aliphatic rings. The minimum atomic E-state index is -0.319. The summed E-state index contributed by atoms with van der Waals surface area (Å²) in [5, 5.41) is 14.5. The number of benzene rings is 1. The molecule has 2 rings (SSSR count). The molecule has 0 saturated heterocycles. The van der Waals surface area contributed by atoms with Crippen LogP contribution in [-0.2, 0) is 0 Å². The summed E-state index contributed by atoms with van der Waals surface area (Å²) in [6.07, 6.45) is 7.37. The lowest BCUT2D eigenvalue weighted by atomic mass is 10.1. The summed E-state index contributed by atoms with van der Waals surface area (Å²) < 4.78 is 0.903. The second-order valence-electron chi connectivity index (χ2n) is 5.21. The predicted molar refractivity (Wildman–Crippen MR) is 80.6 cm³/mol. The van der Waals surface area contributed by atoms with E-state index in [1.165, 1.54) is 25.7 Å². The Kier molecular flexibility index (Phi) is 4.80. The summed E-state index contributed by atoms with van der Waals surface area (Å²) in [5.74, 6) is 0. The highest BCUT2D eigenvalue weighted by Gasteiger charge is 2.17. The maximum atomic E-state index is 11.0. The molecule has 1 aromatic carbocycles. The summed E-state index contributed by atoms with van der Waals surface area (Å²) in [5.41, 5.74) is 1.70. The molecule has 0 spiro atoms. The van der Waals surface area contributed by atoms with E-state index in [0.29, 0.717) is 11.6 Å². The molecule has 1 aliphatic carbocycles. The van der Waals surface area contributed by atoms with Gasteiger partial charge in [-0.3, -0.25) is 10.1 Å². The first-order chi connectivity index (χ1) is 9.08. The van der Waals surface area contributed by atoms with Crippen LogP contribution in [0.5, 0.6) is 0 Å². The highest BCUT2D eigenvalue weighted by atomic mass is 79.9. The van der Waals surface area contributed by atoms with Gasteiger partial charge in [-0.2, -0.15) is 0 Å². The van der Waals surface area contributed by atoms with Gasteiger partial charge in [-0.25, -0.2) is 0 Å². The second-order valence-corrected chi connectivity index (χ2v) is 6.06. The molecule has 0 unspecified atom stereocenters. The molecule has 4 nitrogen and oxygen atoms in total. The number of anilines is 1. The molecule has 0 bridgehead atoms. The Balaban J connectivity index is 2.19. The van der Waals surface area contributed by atoms with E-state index < -0.39 is 0 Å². The Morgan fingerprint density at radius 3 is 2.47 bits per heavy atom. The van der Waals surface area contributed by atoms with E-state index in [2.05, 4.69) is 21.2 Å². The lowest BCUT2D eigenvalue weighted by molar-refractivity contribution is -0.385. The average molecular weight is 327 g/mol. The van der Waals surface area contributed by atoms with Crippen molar-refractivity contribution in [3.05, 3.63) is 32.3 Å². The van der Waals surface area contributed by atoms with Crippen molar-refractivity contribution in [2.75, 3.05) is 5.32 Å². The van der Waals surface area contributed by atoms with Crippen LogP contribution in [0.4, 0.5) is 11.4 Å². The summed E-state index contributed by atoms with van der Waals surface area (Å²) in [6.45, 7) is 1.76. The van der Waals surface area contributed by atoms with Crippen LogP contribution in [0, 0.1) is 17.0 Å². The number of hydrogen-bond donors (Lipinski definition) is 1. The maximum Gasteiger partial charge on any atom is 0.274 e. The van der Waals surface area contributed by atoms with Crippen LogP contribution in [0.3, 0.4) is 0 Å². The van der Waals surface area contributed by atoms with Crippen molar-refractivity contribution >= 4 is 27.3 Å². The van der Waals surface area contributed by atoms with Gasteiger partial charge >= 0.3 is 0 Å². The average Bonchev–Trinajstić information content (AvgIpc) is 2.60. The molecule has 0 amide bonds. The molecule has 0 heterocycles. The zero-order valence-electron chi connectivity index (χ0n) is 11.1. The molecular formula is C14H19BrN2O2. The Labute approximate surface area is 121 Å². The lowest BCUT2D eigenvalue weighted by Crippen LogP contribution is -2.18. The standard InChI is InChI=1S/C14H19BrN2O2/c1-10-8-12(15)13(9-14(10)17(18)19)16-11-6-4-2-3-5-7-11/h8-9,11,16H,2-7H2,1H3. The number of halogens is 1. The summed E-state index contributed by atoms with van der Waals surface area (Å²) in [7, 11) is 0. The molecule has 5 heteroatoms. The molecule has 0 atom stereocenters. The molecule has 1 fully saturated rings. The topological polar surface area (TPSA) is 55.2 Å². The van der Waals surface area contributed by atoms with E-state index in [4.69, 9.17) is 0 Å². The minimum Gasteiger partial charge on any atom is -0.381 e. The maximum absolute atomic E-state index is 11.0. The number of aryl methyl sites for hydroxylation is 1. The first-order valence-electron chi connectivity index (χ1n) is 6.79. The highest BCUT2D eigenvalue weighted by molar-refractivity contribution is 9.10. The number of nitrogens with zero attached hydrogens (tertiary/aromatic N) is 1. The van der Waals surface area contributed by atoms with E-state index in [1.807, 2.05) is 6.07 Å². The van der Waals surface area contributed by atoms with Gasteiger partial charge in [0.1, 0.15) is 0 Å². The second kappa shape index (κ2) is 6.37. The Morgan fingerprint density at radius 2 is 1.89 bits per heavy atom. The predicted octanol–water partition coefficient (Wildman–Crippen LogP) is 4.80. The van der Waals surface area contributed by atoms with Crippen molar-refractivity contribution in [2.24, 2.45) is 0 Å². The van der Waals surface area contributed by atoms with E-state index in [1.54, 1.807) is 13.0 Å². The van der Waals surface area contributed by atoms with Gasteiger partial charge in [0.15, 0.2) is 0 Å². The first kappa shape index (κ1) is 14.3. The Morgan fingerprint density at radius 1 is 1.26 bits per heavy atom. The minimum absolute atomic E-state index is 0.180. The normalized spacial score (nSPS) is 16.9. The summed E-state index contributed by atoms with van der Waals surface area (Å²) in [4.78, 5) is 10.7. The lowest BCUT2D eigenvalue weighted by Gasteiger charge is -2.19. The number of nitro groups is 1. The molecule has 104 valence electrons. The number of rotatable bonds is 3. The van der Waals surface area contributed by atoms with Crippen LogP contribution in [0.15, 0.2) is 16.6 Å². The van der Waals surface area contributed by atoms with Gasteiger partial charge < -0.3 is 5.32 Å². The summed E-state index contributed by atoms with van der Waals surface area (Å²) >= 11 is 3.49. The van der Waals surface area contributed by atoms with E-state index in [9.17, 15) is 10.1 Å². The van der Waals surface area contributed by atoms with Crippen LogP contribution >= 0.6 is 15.9 Å². The molecule has 19 heavy (non-hydrogen) atoms. The molecule has 0 aromatic heterocycles. The van der Waals surface area contributed by atoms with Gasteiger partial charge in [0.25, 0.3) is 5.69 Å². The van der Waals surface area contributed by atoms with Crippen molar-refractivity contribution in [3.8, 4) is 0 Å². The van der Waals surface area contributed by atoms with Crippen molar-refractivity contribution in [1.82, 2.24) is 0 Å². The molecule has 1 aromatic rings. The monoisotopic (exact) mass is 326 g/mol. The third-order valence-electron chi connectivity index (χ3n) is 3.70. The molecule has 0 radical (unpaired) electrons. The van der Waals surface area contributed by atoms with Crippen LogP contribution in [0.1, 0.15) is 44.1 Å². The molecule has 1 N–H and O–H groups in total. The quantitative estimate of drug-likeness (QED) is 0.493. The number of hydrogen-bond acceptors (Lipinski definition) is 3. The van der Waals surface area contributed by atoms with Crippen molar-refractivity contribution < 1.29 is 4.92 Å². The van der Waals surface area contributed by atoms with Crippen molar-refractivity contribution in [1.29, 1.82) is 0 Å². The first-order valence-corrected chi connectivity index (χ1v) is 7.58. The fourth-order valence-electron chi connectivity index (χ4n) is 2.61. The Bertz CT molecular complexity index is 469. The van der Waals surface area contributed by atoms with Crippen molar-refractivity contribution in [3.63, 3.8) is 0 Å². The number of nitro benzene ring substituents is 1. The van der Waals surface area contributed by atoms with Gasteiger partial charge in [-0.1, -0.05) is 25.7 Å². The van der Waals surface area contributed by atoms with Crippen LogP contribution in [0.25, 0.3) is 0 Å². The zero-order chi connectivity index (χ0) is 13.8.